The lowest BCUT2D eigenvalue weighted by Gasteiger charge is -2.31. The van der Waals surface area contributed by atoms with Crippen molar-refractivity contribution in [1.82, 2.24) is 14.3 Å². The number of hydrogen-bond acceptors (Lipinski definition) is 6. The maximum atomic E-state index is 13.0. The molecule has 1 amide bonds. The number of hydrogen-bond donors (Lipinski definition) is 5. The van der Waals surface area contributed by atoms with Crippen molar-refractivity contribution in [3.05, 3.63) is 35.9 Å². The van der Waals surface area contributed by atoms with E-state index in [1.54, 1.807) is 38.1 Å². The van der Waals surface area contributed by atoms with Crippen LogP contribution in [0.3, 0.4) is 0 Å². The molecule has 36 heavy (non-hydrogen) atoms. The van der Waals surface area contributed by atoms with Gasteiger partial charge in [0.25, 0.3) is 10.2 Å². The van der Waals surface area contributed by atoms with Crippen molar-refractivity contribution in [2.24, 2.45) is 23.7 Å². The summed E-state index contributed by atoms with van der Waals surface area (Å²) in [5, 5.41) is 32.1. The Kier molecular flexibility index (Phi) is 12.5. The molecule has 0 aromatic heterocycles. The van der Waals surface area contributed by atoms with Crippen molar-refractivity contribution in [1.29, 1.82) is 0 Å². The van der Waals surface area contributed by atoms with Crippen LogP contribution in [0, 0.1) is 23.7 Å². The van der Waals surface area contributed by atoms with Gasteiger partial charge in [0.2, 0.25) is 5.91 Å². The monoisotopic (exact) mass is 529 g/mol. The Morgan fingerprint density at radius 1 is 0.917 bits per heavy atom. The molecule has 0 fully saturated rings. The maximum Gasteiger partial charge on any atom is 0.307 e. The van der Waals surface area contributed by atoms with E-state index >= 15 is 0 Å². The molecule has 0 bridgehead atoms. The van der Waals surface area contributed by atoms with Crippen LogP contribution in [-0.2, 0) is 31.0 Å². The van der Waals surface area contributed by atoms with E-state index in [-0.39, 0.29) is 32.0 Å². The summed E-state index contributed by atoms with van der Waals surface area (Å²) in [6.45, 7) is 7.22. The standard InChI is InChI=1S/C24H39N3O8S/c1-15(2)13-27(36(34,35)25-12-16(3)23(30)31)14-21(28)20(11-19-9-7-6-8-10-19)26-22(29)17(4)18(5)24(32)33/h6-10,15-18,20-21,25,28H,11-14H2,1-5H3,(H,26,29)(H,30,31)(H,32,33). The van der Waals surface area contributed by atoms with Crippen molar-refractivity contribution >= 4 is 28.1 Å². The molecular formula is C24H39N3O8S. The van der Waals surface area contributed by atoms with Gasteiger partial charge in [-0.15, -0.1) is 0 Å². The molecule has 1 rings (SSSR count). The molecule has 0 saturated carbocycles. The lowest BCUT2D eigenvalue weighted by Crippen LogP contribution is -2.54. The highest BCUT2D eigenvalue weighted by atomic mass is 32.2. The summed E-state index contributed by atoms with van der Waals surface area (Å²) in [6, 6.07) is 8.08. The average molecular weight is 530 g/mol. The second-order valence-corrected chi connectivity index (χ2v) is 11.3. The van der Waals surface area contributed by atoms with Gasteiger partial charge in [0.1, 0.15) is 0 Å². The molecule has 5 unspecified atom stereocenters. The smallest absolute Gasteiger partial charge is 0.307 e. The van der Waals surface area contributed by atoms with Gasteiger partial charge in [-0.1, -0.05) is 65.0 Å². The minimum absolute atomic E-state index is 0.0479. The number of aliphatic carboxylic acids is 2. The third-order valence-electron chi connectivity index (χ3n) is 5.94. The first-order valence-electron chi connectivity index (χ1n) is 11.9. The second kappa shape index (κ2) is 14.3. The quantitative estimate of drug-likeness (QED) is 0.210. The fraction of sp³-hybridized carbons (Fsp3) is 0.625. The number of benzene rings is 1. The van der Waals surface area contributed by atoms with Crippen molar-refractivity contribution in [3.63, 3.8) is 0 Å². The summed E-state index contributed by atoms with van der Waals surface area (Å²) in [5.41, 5.74) is 0.785. The molecule has 0 aliphatic carbocycles. The van der Waals surface area contributed by atoms with Crippen LogP contribution < -0.4 is 10.0 Å². The van der Waals surface area contributed by atoms with E-state index in [1.807, 2.05) is 6.07 Å². The normalized spacial score (nSPS) is 16.2. The summed E-state index contributed by atoms with van der Waals surface area (Å²) in [7, 11) is -4.15. The fourth-order valence-electron chi connectivity index (χ4n) is 3.33. The first kappa shape index (κ1) is 31.5. The number of carbonyl (C=O) groups excluding carboxylic acids is 1. The van der Waals surface area contributed by atoms with Crippen LogP contribution in [0.25, 0.3) is 0 Å². The Morgan fingerprint density at radius 2 is 1.50 bits per heavy atom. The lowest BCUT2D eigenvalue weighted by atomic mass is 9.93. The highest BCUT2D eigenvalue weighted by Gasteiger charge is 2.33. The van der Waals surface area contributed by atoms with Gasteiger partial charge in [-0.3, -0.25) is 14.4 Å². The van der Waals surface area contributed by atoms with Crippen LogP contribution in [0.15, 0.2) is 30.3 Å². The molecule has 5 N–H and O–H groups in total. The van der Waals surface area contributed by atoms with E-state index < -0.39 is 58.0 Å². The Hall–Kier alpha value is -2.54. The summed E-state index contributed by atoms with van der Waals surface area (Å²) >= 11 is 0. The van der Waals surface area contributed by atoms with Crippen LogP contribution >= 0.6 is 0 Å². The third kappa shape index (κ3) is 10.2. The number of amides is 1. The molecule has 0 aliphatic rings. The van der Waals surface area contributed by atoms with Crippen molar-refractivity contribution in [2.45, 2.75) is 53.2 Å². The van der Waals surface area contributed by atoms with Crippen LogP contribution in [0.5, 0.6) is 0 Å². The van der Waals surface area contributed by atoms with E-state index in [0.717, 1.165) is 9.87 Å². The number of carboxylic acid groups (broad SMARTS) is 2. The van der Waals surface area contributed by atoms with E-state index in [0.29, 0.717) is 0 Å². The molecule has 1 aromatic carbocycles. The summed E-state index contributed by atoms with van der Waals surface area (Å²) in [4.78, 5) is 35.2. The largest absolute Gasteiger partial charge is 0.481 e. The van der Waals surface area contributed by atoms with Gasteiger partial charge in [0, 0.05) is 25.6 Å². The lowest BCUT2D eigenvalue weighted by molar-refractivity contribution is -0.146. The van der Waals surface area contributed by atoms with Gasteiger partial charge in [-0.2, -0.15) is 12.7 Å². The molecule has 12 heteroatoms. The number of carboxylic acids is 2. The highest BCUT2D eigenvalue weighted by molar-refractivity contribution is 7.87. The minimum Gasteiger partial charge on any atom is -0.481 e. The molecular weight excluding hydrogens is 490 g/mol. The average Bonchev–Trinajstić information content (AvgIpc) is 2.80. The number of rotatable bonds is 16. The number of aliphatic hydroxyl groups excluding tert-OH is 1. The van der Waals surface area contributed by atoms with E-state index in [2.05, 4.69) is 10.0 Å². The topological polar surface area (TPSA) is 173 Å². The van der Waals surface area contributed by atoms with Crippen LogP contribution in [0.1, 0.15) is 40.2 Å². The Labute approximate surface area is 213 Å². The predicted octanol–water partition coefficient (Wildman–Crippen LogP) is 0.945. The molecule has 0 heterocycles. The fourth-order valence-corrected chi connectivity index (χ4v) is 4.82. The van der Waals surface area contributed by atoms with Crippen molar-refractivity contribution in [3.8, 4) is 0 Å². The molecule has 5 atom stereocenters. The van der Waals surface area contributed by atoms with Crippen LogP contribution in [-0.4, -0.2) is 77.7 Å². The first-order chi connectivity index (χ1) is 16.7. The highest BCUT2D eigenvalue weighted by Crippen LogP contribution is 2.15. The molecule has 0 aliphatic heterocycles. The predicted molar refractivity (Wildman–Crippen MR) is 134 cm³/mol. The van der Waals surface area contributed by atoms with E-state index in [4.69, 9.17) is 5.11 Å². The number of carbonyl (C=O) groups is 3. The first-order valence-corrected chi connectivity index (χ1v) is 13.3. The summed E-state index contributed by atoms with van der Waals surface area (Å²) in [6.07, 6.45) is -1.16. The maximum absolute atomic E-state index is 13.0. The van der Waals surface area contributed by atoms with Crippen molar-refractivity contribution < 1.29 is 38.1 Å². The molecule has 11 nitrogen and oxygen atoms in total. The molecule has 204 valence electrons. The second-order valence-electron chi connectivity index (χ2n) is 9.59. The SMILES string of the molecule is CC(C)CN(CC(O)C(Cc1ccccc1)NC(=O)C(C)C(C)C(=O)O)S(=O)(=O)NCC(C)C(=O)O. The Bertz CT molecular complexity index is 971. The number of nitrogens with one attached hydrogen (secondary N) is 2. The minimum atomic E-state index is -4.15. The van der Waals surface area contributed by atoms with E-state index in [9.17, 15) is 33.0 Å². The Morgan fingerprint density at radius 3 is 2.00 bits per heavy atom. The molecule has 0 spiro atoms. The number of aliphatic hydroxyl groups is 1. The molecule has 0 radical (unpaired) electrons. The zero-order valence-corrected chi connectivity index (χ0v) is 22.2. The van der Waals surface area contributed by atoms with Gasteiger partial charge in [-0.05, 0) is 17.9 Å². The zero-order valence-electron chi connectivity index (χ0n) is 21.4. The van der Waals surface area contributed by atoms with Crippen LogP contribution in [0.4, 0.5) is 0 Å². The van der Waals surface area contributed by atoms with Crippen LogP contribution in [0.2, 0.25) is 0 Å². The van der Waals surface area contributed by atoms with Gasteiger partial charge >= 0.3 is 11.9 Å². The summed E-state index contributed by atoms with van der Waals surface area (Å²) in [5.74, 6) is -5.76. The third-order valence-corrected chi connectivity index (χ3v) is 7.45. The summed E-state index contributed by atoms with van der Waals surface area (Å²) < 4.78 is 29.2. The Balaban J connectivity index is 3.16. The van der Waals surface area contributed by atoms with Crippen molar-refractivity contribution in [2.75, 3.05) is 19.6 Å². The zero-order chi connectivity index (χ0) is 27.6. The van der Waals surface area contributed by atoms with Gasteiger partial charge in [0.05, 0.1) is 24.0 Å². The number of nitrogens with zero attached hydrogens (tertiary/aromatic N) is 1. The molecule has 1 aromatic rings. The van der Waals surface area contributed by atoms with Gasteiger partial charge in [0.15, 0.2) is 0 Å². The van der Waals surface area contributed by atoms with Gasteiger partial charge < -0.3 is 20.6 Å². The molecule has 0 saturated heterocycles. The van der Waals surface area contributed by atoms with E-state index in [1.165, 1.54) is 20.8 Å². The van der Waals surface area contributed by atoms with Gasteiger partial charge in [-0.25, -0.2) is 4.72 Å².